The molecule has 0 radical (unpaired) electrons. The lowest BCUT2D eigenvalue weighted by atomic mass is 9.96. The molecule has 0 N–H and O–H groups in total. The Morgan fingerprint density at radius 1 is 1.16 bits per heavy atom. The van der Waals surface area contributed by atoms with E-state index in [0.717, 1.165) is 25.0 Å². The fraction of sp³-hybridized carbons (Fsp3) is 0.318. The second kappa shape index (κ2) is 8.89. The van der Waals surface area contributed by atoms with Gasteiger partial charge in [-0.1, -0.05) is 17.3 Å². The Kier molecular flexibility index (Phi) is 6.02. The largest absolute Gasteiger partial charge is 0.573 e. The quantitative estimate of drug-likeness (QED) is 0.566. The number of amides is 1. The van der Waals surface area contributed by atoms with Gasteiger partial charge in [0.15, 0.2) is 5.82 Å². The van der Waals surface area contributed by atoms with Crippen LogP contribution in [0.25, 0.3) is 11.5 Å². The van der Waals surface area contributed by atoms with Crippen molar-refractivity contribution < 1.29 is 32.0 Å². The van der Waals surface area contributed by atoms with Crippen LogP contribution >= 0.6 is 0 Å². The van der Waals surface area contributed by atoms with Gasteiger partial charge in [-0.25, -0.2) is 0 Å². The van der Waals surface area contributed by atoms with Gasteiger partial charge in [-0.2, -0.15) is 4.98 Å². The lowest BCUT2D eigenvalue weighted by molar-refractivity contribution is -0.274. The molecule has 4 rings (SSSR count). The molecule has 32 heavy (non-hydrogen) atoms. The van der Waals surface area contributed by atoms with Crippen LogP contribution in [0.5, 0.6) is 11.5 Å². The summed E-state index contributed by atoms with van der Waals surface area (Å²) in [5.74, 6) is 0.676. The number of ether oxygens (including phenoxy) is 2. The number of benzene rings is 2. The van der Waals surface area contributed by atoms with Crippen LogP contribution < -0.4 is 9.47 Å². The maximum absolute atomic E-state index is 12.9. The zero-order valence-corrected chi connectivity index (χ0v) is 17.1. The molecule has 1 unspecified atom stereocenters. The lowest BCUT2D eigenvalue weighted by Gasteiger charge is -2.31. The molecule has 168 valence electrons. The molecule has 1 atom stereocenters. The minimum atomic E-state index is -4.78. The minimum absolute atomic E-state index is 0.118. The summed E-state index contributed by atoms with van der Waals surface area (Å²) in [5.41, 5.74) is 0.960. The summed E-state index contributed by atoms with van der Waals surface area (Å²) in [6.07, 6.45) is -3.25. The molecular weight excluding hydrogens is 427 g/mol. The Labute approximate surface area is 181 Å². The van der Waals surface area contributed by atoms with Crippen molar-refractivity contribution in [2.45, 2.75) is 25.1 Å². The third kappa shape index (κ3) is 4.84. The number of aromatic nitrogens is 2. The van der Waals surface area contributed by atoms with Gasteiger partial charge in [0.2, 0.25) is 0 Å². The number of methoxy groups -OCH3 is 1. The number of carbonyl (C=O) groups is 1. The van der Waals surface area contributed by atoms with Crippen LogP contribution in [0, 0.1) is 0 Å². The minimum Gasteiger partial charge on any atom is -0.496 e. The molecule has 1 amide bonds. The molecule has 7 nitrogen and oxygen atoms in total. The van der Waals surface area contributed by atoms with E-state index >= 15 is 0 Å². The molecule has 1 aromatic heterocycles. The van der Waals surface area contributed by atoms with Gasteiger partial charge in [-0.05, 0) is 49.2 Å². The number of nitrogens with zero attached hydrogens (tertiary/aromatic N) is 3. The van der Waals surface area contributed by atoms with Crippen molar-refractivity contribution in [3.05, 3.63) is 59.9 Å². The first-order valence-electron chi connectivity index (χ1n) is 9.96. The highest BCUT2D eigenvalue weighted by Crippen LogP contribution is 2.32. The lowest BCUT2D eigenvalue weighted by Crippen LogP contribution is -2.39. The average Bonchev–Trinajstić information content (AvgIpc) is 3.28. The number of hydrogen-bond donors (Lipinski definition) is 0. The Hall–Kier alpha value is -3.56. The van der Waals surface area contributed by atoms with Crippen LogP contribution in [0.15, 0.2) is 53.1 Å². The van der Waals surface area contributed by atoms with Gasteiger partial charge in [-0.3, -0.25) is 4.79 Å². The number of para-hydroxylation sites is 1. The number of hydrogen-bond acceptors (Lipinski definition) is 6. The molecule has 0 aliphatic carbocycles. The van der Waals surface area contributed by atoms with E-state index in [9.17, 15) is 18.0 Å². The Morgan fingerprint density at radius 2 is 1.91 bits per heavy atom. The van der Waals surface area contributed by atoms with Gasteiger partial charge in [0.05, 0.1) is 12.7 Å². The number of carbonyl (C=O) groups excluding carboxylic acids is 1. The van der Waals surface area contributed by atoms with Gasteiger partial charge < -0.3 is 18.9 Å². The summed E-state index contributed by atoms with van der Waals surface area (Å²) in [6.45, 7) is 0.915. The molecule has 0 saturated carbocycles. The molecule has 1 aliphatic rings. The van der Waals surface area contributed by atoms with Crippen LogP contribution in [0.1, 0.15) is 34.9 Å². The summed E-state index contributed by atoms with van der Waals surface area (Å²) < 4.78 is 51.6. The predicted octanol–water partition coefficient (Wildman–Crippen LogP) is 4.66. The van der Waals surface area contributed by atoms with E-state index in [1.165, 1.54) is 12.1 Å². The van der Waals surface area contributed by atoms with Crippen molar-refractivity contribution in [3.8, 4) is 23.0 Å². The number of likely N-dealkylation sites (tertiary alicyclic amines) is 1. The SMILES string of the molecule is COc1ccccc1-c1nc(C2CCCN(C(=O)c3ccc(OC(F)(F)F)cc3)C2)no1. The molecular formula is C22H20F3N3O4. The van der Waals surface area contributed by atoms with Crippen LogP contribution in [-0.4, -0.2) is 47.5 Å². The highest BCUT2D eigenvalue weighted by atomic mass is 19.4. The second-order valence-corrected chi connectivity index (χ2v) is 7.32. The highest BCUT2D eigenvalue weighted by Gasteiger charge is 2.32. The van der Waals surface area contributed by atoms with E-state index in [1.807, 2.05) is 18.2 Å². The van der Waals surface area contributed by atoms with E-state index in [2.05, 4.69) is 14.9 Å². The Balaban J connectivity index is 1.46. The summed E-state index contributed by atoms with van der Waals surface area (Å²) >= 11 is 0. The maximum atomic E-state index is 12.9. The van der Waals surface area contributed by atoms with Crippen molar-refractivity contribution in [1.82, 2.24) is 15.0 Å². The smallest absolute Gasteiger partial charge is 0.496 e. The molecule has 1 aliphatic heterocycles. The first-order chi connectivity index (χ1) is 15.3. The summed E-state index contributed by atoms with van der Waals surface area (Å²) in [5, 5.41) is 4.10. The zero-order valence-electron chi connectivity index (χ0n) is 17.1. The van der Waals surface area contributed by atoms with Crippen LogP contribution in [0.3, 0.4) is 0 Å². The summed E-state index contributed by atoms with van der Waals surface area (Å²) in [6, 6.07) is 12.2. The van der Waals surface area contributed by atoms with Crippen LogP contribution in [0.4, 0.5) is 13.2 Å². The fourth-order valence-electron chi connectivity index (χ4n) is 3.69. The van der Waals surface area contributed by atoms with Crippen molar-refractivity contribution in [3.63, 3.8) is 0 Å². The average molecular weight is 447 g/mol. The molecule has 0 spiro atoms. The van der Waals surface area contributed by atoms with Crippen molar-refractivity contribution in [2.24, 2.45) is 0 Å². The van der Waals surface area contributed by atoms with Gasteiger partial charge in [0.25, 0.3) is 11.8 Å². The van der Waals surface area contributed by atoms with E-state index in [4.69, 9.17) is 9.26 Å². The fourth-order valence-corrected chi connectivity index (χ4v) is 3.69. The van der Waals surface area contributed by atoms with Crippen LogP contribution in [0.2, 0.25) is 0 Å². The zero-order chi connectivity index (χ0) is 22.7. The predicted molar refractivity (Wildman–Crippen MR) is 107 cm³/mol. The van der Waals surface area contributed by atoms with E-state index in [1.54, 1.807) is 18.1 Å². The molecule has 1 fully saturated rings. The first-order valence-corrected chi connectivity index (χ1v) is 9.96. The molecule has 10 heteroatoms. The third-order valence-corrected chi connectivity index (χ3v) is 5.19. The van der Waals surface area contributed by atoms with Gasteiger partial charge >= 0.3 is 6.36 Å². The molecule has 0 bridgehead atoms. The van der Waals surface area contributed by atoms with Crippen LogP contribution in [-0.2, 0) is 0 Å². The number of rotatable bonds is 5. The normalized spacial score (nSPS) is 16.6. The van der Waals surface area contributed by atoms with Gasteiger partial charge in [-0.15, -0.1) is 13.2 Å². The maximum Gasteiger partial charge on any atom is 0.573 e. The van der Waals surface area contributed by atoms with E-state index < -0.39 is 6.36 Å². The van der Waals surface area contributed by atoms with Crippen molar-refractivity contribution >= 4 is 5.91 Å². The monoisotopic (exact) mass is 447 g/mol. The number of alkyl halides is 3. The van der Waals surface area contributed by atoms with Crippen molar-refractivity contribution in [2.75, 3.05) is 20.2 Å². The number of halogens is 3. The summed E-state index contributed by atoms with van der Waals surface area (Å²) in [7, 11) is 1.56. The van der Waals surface area contributed by atoms with E-state index in [0.29, 0.717) is 36.1 Å². The highest BCUT2D eigenvalue weighted by molar-refractivity contribution is 5.94. The molecule has 3 aromatic rings. The van der Waals surface area contributed by atoms with Gasteiger partial charge in [0, 0.05) is 24.6 Å². The Morgan fingerprint density at radius 3 is 2.62 bits per heavy atom. The molecule has 2 aromatic carbocycles. The third-order valence-electron chi connectivity index (χ3n) is 5.19. The standard InChI is InChI=1S/C22H20F3N3O4/c1-30-18-7-3-2-6-17(18)20-26-19(27-32-20)15-5-4-12-28(13-15)21(29)14-8-10-16(11-9-14)31-22(23,24)25/h2-3,6-11,15H,4-5,12-13H2,1H3. The van der Waals surface area contributed by atoms with Crippen molar-refractivity contribution in [1.29, 1.82) is 0 Å². The molecule has 1 saturated heterocycles. The topological polar surface area (TPSA) is 77.7 Å². The second-order valence-electron chi connectivity index (χ2n) is 7.32. The Bertz CT molecular complexity index is 1080. The summed E-state index contributed by atoms with van der Waals surface area (Å²) in [4.78, 5) is 19.0. The van der Waals surface area contributed by atoms with E-state index in [-0.39, 0.29) is 23.1 Å². The first kappa shape index (κ1) is 21.7. The molecule has 2 heterocycles. The van der Waals surface area contributed by atoms with Gasteiger partial charge in [0.1, 0.15) is 11.5 Å². The number of piperidine rings is 1.